The van der Waals surface area contributed by atoms with Crippen LogP contribution in [0.1, 0.15) is 39.2 Å². The van der Waals surface area contributed by atoms with Gasteiger partial charge in [-0.15, -0.1) is 0 Å². The van der Waals surface area contributed by atoms with Crippen molar-refractivity contribution in [1.82, 2.24) is 0 Å². The Balaban J connectivity index is 2.66. The molecule has 0 bridgehead atoms. The van der Waals surface area contributed by atoms with Gasteiger partial charge >= 0.3 is 11.9 Å². The van der Waals surface area contributed by atoms with E-state index in [1.807, 2.05) is 39.0 Å². The number of aryl methyl sites for hydroxylation is 1. The number of benzene rings is 1. The molecule has 0 fully saturated rings. The van der Waals surface area contributed by atoms with E-state index in [-0.39, 0.29) is 18.3 Å². The highest BCUT2D eigenvalue weighted by molar-refractivity contribution is 5.82. The third kappa shape index (κ3) is 8.81. The van der Waals surface area contributed by atoms with Crippen molar-refractivity contribution in [3.05, 3.63) is 48.0 Å². The number of carbonyl (C=O) groups excluding carboxylic acids is 2. The molecule has 1 atom stereocenters. The van der Waals surface area contributed by atoms with E-state index in [0.717, 1.165) is 12.8 Å². The van der Waals surface area contributed by atoms with Crippen molar-refractivity contribution >= 4 is 11.9 Å². The summed E-state index contributed by atoms with van der Waals surface area (Å²) in [6, 6.07) is 10.0. The average molecular weight is 318 g/mol. The van der Waals surface area contributed by atoms with E-state index < -0.39 is 11.6 Å². The minimum absolute atomic E-state index is 0.0656. The zero-order valence-electron chi connectivity index (χ0n) is 14.4. The third-order valence-electron chi connectivity index (χ3n) is 3.20. The van der Waals surface area contributed by atoms with Gasteiger partial charge in [-0.2, -0.15) is 0 Å². The van der Waals surface area contributed by atoms with Gasteiger partial charge in [-0.1, -0.05) is 36.4 Å². The fourth-order valence-electron chi connectivity index (χ4n) is 2.14. The second-order valence-corrected chi connectivity index (χ2v) is 6.46. The highest BCUT2D eigenvalue weighted by atomic mass is 16.6. The lowest BCUT2D eigenvalue weighted by molar-refractivity contribution is -0.155. The van der Waals surface area contributed by atoms with Crippen LogP contribution in [0.3, 0.4) is 0 Å². The van der Waals surface area contributed by atoms with Crippen LogP contribution in [0.15, 0.2) is 42.5 Å². The second-order valence-electron chi connectivity index (χ2n) is 6.46. The highest BCUT2D eigenvalue weighted by Gasteiger charge is 2.19. The summed E-state index contributed by atoms with van der Waals surface area (Å²) in [7, 11) is 1.33. The van der Waals surface area contributed by atoms with Gasteiger partial charge in [-0.05, 0) is 45.1 Å². The molecule has 1 rings (SSSR count). The molecule has 4 nitrogen and oxygen atoms in total. The maximum atomic E-state index is 12.0. The predicted molar refractivity (Wildman–Crippen MR) is 89.9 cm³/mol. The van der Waals surface area contributed by atoms with Gasteiger partial charge in [0.25, 0.3) is 0 Å². The largest absolute Gasteiger partial charge is 0.466 e. The van der Waals surface area contributed by atoms with Crippen LogP contribution in [-0.4, -0.2) is 24.6 Å². The first-order valence-corrected chi connectivity index (χ1v) is 7.82. The normalized spacial score (nSPS) is 12.9. The maximum Gasteiger partial charge on any atom is 0.330 e. The number of rotatable bonds is 7. The van der Waals surface area contributed by atoms with Crippen molar-refractivity contribution in [2.75, 3.05) is 7.11 Å². The number of carbonyl (C=O) groups is 2. The minimum Gasteiger partial charge on any atom is -0.466 e. The zero-order valence-corrected chi connectivity index (χ0v) is 14.4. The van der Waals surface area contributed by atoms with Gasteiger partial charge in [-0.25, -0.2) is 4.79 Å². The van der Waals surface area contributed by atoms with Crippen molar-refractivity contribution in [2.24, 2.45) is 5.92 Å². The molecule has 0 spiro atoms. The Morgan fingerprint density at radius 2 is 1.83 bits per heavy atom. The van der Waals surface area contributed by atoms with Gasteiger partial charge in [0.15, 0.2) is 0 Å². The van der Waals surface area contributed by atoms with Crippen molar-refractivity contribution in [2.45, 2.75) is 45.6 Å². The van der Waals surface area contributed by atoms with Crippen LogP contribution in [-0.2, 0) is 25.5 Å². The van der Waals surface area contributed by atoms with Gasteiger partial charge < -0.3 is 9.47 Å². The Kier molecular flexibility index (Phi) is 7.52. The summed E-state index contributed by atoms with van der Waals surface area (Å²) in [5, 5.41) is 0. The molecule has 0 aliphatic rings. The Morgan fingerprint density at radius 3 is 2.39 bits per heavy atom. The molecule has 0 saturated heterocycles. The number of hydrogen-bond donors (Lipinski definition) is 0. The van der Waals surface area contributed by atoms with Crippen molar-refractivity contribution < 1.29 is 19.1 Å². The number of hydrogen-bond acceptors (Lipinski definition) is 4. The Labute approximate surface area is 138 Å². The van der Waals surface area contributed by atoms with Crippen molar-refractivity contribution in [3.63, 3.8) is 0 Å². The molecule has 0 amide bonds. The monoisotopic (exact) mass is 318 g/mol. The molecule has 0 saturated carbocycles. The van der Waals surface area contributed by atoms with Crippen molar-refractivity contribution in [3.8, 4) is 0 Å². The molecule has 126 valence electrons. The maximum absolute atomic E-state index is 12.0. The lowest BCUT2D eigenvalue weighted by Gasteiger charge is -2.21. The van der Waals surface area contributed by atoms with E-state index in [9.17, 15) is 9.59 Å². The quantitative estimate of drug-likeness (QED) is 0.568. The first-order chi connectivity index (χ1) is 10.8. The van der Waals surface area contributed by atoms with Crippen LogP contribution in [0, 0.1) is 5.92 Å². The molecule has 0 aliphatic heterocycles. The average Bonchev–Trinajstić information content (AvgIpc) is 2.48. The van der Waals surface area contributed by atoms with Crippen LogP contribution >= 0.6 is 0 Å². The Bertz CT molecular complexity index is 526. The Hall–Kier alpha value is -2.10. The topological polar surface area (TPSA) is 52.6 Å². The molecule has 1 aromatic rings. The summed E-state index contributed by atoms with van der Waals surface area (Å²) in [6.07, 6.45) is 4.95. The van der Waals surface area contributed by atoms with Gasteiger partial charge in [0.2, 0.25) is 0 Å². The first kappa shape index (κ1) is 18.9. The van der Waals surface area contributed by atoms with E-state index in [2.05, 4.69) is 16.9 Å². The molecule has 0 unspecified atom stereocenters. The van der Waals surface area contributed by atoms with Crippen LogP contribution in [0.25, 0.3) is 0 Å². The number of allylic oxidation sites excluding steroid dienone is 1. The van der Waals surface area contributed by atoms with Crippen LogP contribution in [0.4, 0.5) is 0 Å². The third-order valence-corrected chi connectivity index (χ3v) is 3.20. The van der Waals surface area contributed by atoms with Crippen LogP contribution in [0.2, 0.25) is 0 Å². The molecule has 1 aromatic carbocycles. The summed E-state index contributed by atoms with van der Waals surface area (Å²) < 4.78 is 9.97. The fourth-order valence-corrected chi connectivity index (χ4v) is 2.14. The molecule has 23 heavy (non-hydrogen) atoms. The summed E-state index contributed by atoms with van der Waals surface area (Å²) >= 11 is 0. The first-order valence-electron chi connectivity index (χ1n) is 7.82. The van der Waals surface area contributed by atoms with E-state index in [1.165, 1.54) is 18.7 Å². The number of ether oxygens (including phenoxy) is 2. The molecule has 0 heterocycles. The van der Waals surface area contributed by atoms with E-state index >= 15 is 0 Å². The molecular formula is C19H26O4. The van der Waals surface area contributed by atoms with Gasteiger partial charge in [0.05, 0.1) is 13.5 Å². The predicted octanol–water partition coefficient (Wildman–Crippen LogP) is 3.70. The van der Waals surface area contributed by atoms with Crippen LogP contribution < -0.4 is 0 Å². The molecule has 0 aromatic heterocycles. The highest BCUT2D eigenvalue weighted by Crippen LogP contribution is 2.18. The fraction of sp³-hybridized carbons (Fsp3) is 0.474. The van der Waals surface area contributed by atoms with E-state index in [0.29, 0.717) is 0 Å². The molecule has 4 heteroatoms. The second kappa shape index (κ2) is 9.13. The lowest BCUT2D eigenvalue weighted by atomic mass is 9.96. The summed E-state index contributed by atoms with van der Waals surface area (Å²) in [5.41, 5.74) is 0.695. The molecule has 0 N–H and O–H groups in total. The lowest BCUT2D eigenvalue weighted by Crippen LogP contribution is -2.25. The van der Waals surface area contributed by atoms with Crippen LogP contribution in [0.5, 0.6) is 0 Å². The molecular weight excluding hydrogens is 292 g/mol. The summed E-state index contributed by atoms with van der Waals surface area (Å²) in [5.74, 6) is -0.742. The van der Waals surface area contributed by atoms with Gasteiger partial charge in [0.1, 0.15) is 5.60 Å². The summed E-state index contributed by atoms with van der Waals surface area (Å²) in [6.45, 7) is 5.52. The number of esters is 2. The van der Waals surface area contributed by atoms with E-state index in [1.54, 1.807) is 6.08 Å². The molecule has 0 radical (unpaired) electrons. The van der Waals surface area contributed by atoms with Gasteiger partial charge in [0, 0.05) is 6.08 Å². The SMILES string of the molecule is COC(=O)/C=C/[C@H](CCc1ccccc1)CC(=O)OC(C)(C)C. The van der Waals surface area contributed by atoms with Crippen molar-refractivity contribution in [1.29, 1.82) is 0 Å². The van der Waals surface area contributed by atoms with E-state index in [4.69, 9.17) is 4.74 Å². The number of methoxy groups -OCH3 is 1. The minimum atomic E-state index is -0.507. The zero-order chi connectivity index (χ0) is 17.3. The van der Waals surface area contributed by atoms with Gasteiger partial charge in [-0.3, -0.25) is 4.79 Å². The smallest absolute Gasteiger partial charge is 0.330 e. The Morgan fingerprint density at radius 1 is 1.17 bits per heavy atom. The summed E-state index contributed by atoms with van der Waals surface area (Å²) in [4.78, 5) is 23.3. The standard InChI is InChI=1S/C19H26O4/c1-19(2,3)23-18(21)14-16(12-13-17(20)22-4)11-10-15-8-6-5-7-9-15/h5-9,12-13,16H,10-11,14H2,1-4H3/b13-12+/t16-/m0/s1. The molecule has 0 aliphatic carbocycles.